The Kier molecular flexibility index (Phi) is 4.33. The maximum Gasteiger partial charge on any atom is 0.289 e. The largest absolute Gasteiger partial charge is 0.508 e. The van der Waals surface area contributed by atoms with Gasteiger partial charge in [0.2, 0.25) is 0 Å². The third-order valence-electron chi connectivity index (χ3n) is 3.69. The van der Waals surface area contributed by atoms with Crippen LogP contribution in [-0.4, -0.2) is 16.2 Å². The van der Waals surface area contributed by atoms with Gasteiger partial charge in [0.05, 0.1) is 10.6 Å². The maximum atomic E-state index is 11.8. The number of carbonyl (C=O) groups is 1. The van der Waals surface area contributed by atoms with Crippen molar-refractivity contribution in [2.45, 2.75) is 0 Å². The van der Waals surface area contributed by atoms with Crippen molar-refractivity contribution >= 4 is 34.6 Å². The van der Waals surface area contributed by atoms with Gasteiger partial charge < -0.3 is 14.8 Å². The number of aliphatic imine (C=N–C) groups is 1. The standard InChI is InChI=1S/C20H14N2O3S/c23-15-8-4-7-14(11-15)21-19-18(26-20(24)22-19)12-16-9-10-17(25-16)13-5-2-1-3-6-13/h1-12,23H,(H,21,22,24). The Morgan fingerprint density at radius 2 is 1.88 bits per heavy atom. The minimum Gasteiger partial charge on any atom is -0.508 e. The van der Waals surface area contributed by atoms with Crippen LogP contribution in [0.4, 0.5) is 10.5 Å². The zero-order valence-electron chi connectivity index (χ0n) is 13.5. The van der Waals surface area contributed by atoms with Gasteiger partial charge >= 0.3 is 0 Å². The second-order valence-electron chi connectivity index (χ2n) is 5.57. The lowest BCUT2D eigenvalue weighted by atomic mass is 10.2. The number of furan rings is 1. The van der Waals surface area contributed by atoms with Crippen molar-refractivity contribution in [3.63, 3.8) is 0 Å². The lowest BCUT2D eigenvalue weighted by Gasteiger charge is -2.00. The molecular formula is C20H14N2O3S. The Hall–Kier alpha value is -3.25. The number of carbonyl (C=O) groups excluding carboxylic acids is 1. The van der Waals surface area contributed by atoms with E-state index in [1.54, 1.807) is 24.3 Å². The van der Waals surface area contributed by atoms with E-state index in [4.69, 9.17) is 4.42 Å². The number of benzene rings is 2. The topological polar surface area (TPSA) is 74.8 Å². The summed E-state index contributed by atoms with van der Waals surface area (Å²) in [5, 5.41) is 12.1. The number of phenols is 1. The molecule has 1 fully saturated rings. The number of amides is 1. The smallest absolute Gasteiger partial charge is 0.289 e. The minimum atomic E-state index is -0.204. The molecule has 0 atom stereocenters. The van der Waals surface area contributed by atoms with E-state index in [-0.39, 0.29) is 11.0 Å². The quantitative estimate of drug-likeness (QED) is 0.673. The van der Waals surface area contributed by atoms with Crippen molar-refractivity contribution in [2.75, 3.05) is 0 Å². The zero-order chi connectivity index (χ0) is 17.9. The van der Waals surface area contributed by atoms with Gasteiger partial charge in [0.1, 0.15) is 23.1 Å². The molecule has 26 heavy (non-hydrogen) atoms. The van der Waals surface area contributed by atoms with Crippen LogP contribution in [-0.2, 0) is 0 Å². The highest BCUT2D eigenvalue weighted by Gasteiger charge is 2.24. The van der Waals surface area contributed by atoms with Gasteiger partial charge in [-0.15, -0.1) is 0 Å². The fourth-order valence-corrected chi connectivity index (χ4v) is 3.24. The van der Waals surface area contributed by atoms with E-state index >= 15 is 0 Å². The number of nitrogens with zero attached hydrogens (tertiary/aromatic N) is 1. The number of amidine groups is 1. The summed E-state index contributed by atoms with van der Waals surface area (Å²) in [7, 11) is 0. The van der Waals surface area contributed by atoms with Crippen molar-refractivity contribution in [1.82, 2.24) is 5.32 Å². The number of nitrogens with one attached hydrogen (secondary N) is 1. The van der Waals surface area contributed by atoms with Crippen LogP contribution in [0, 0.1) is 0 Å². The summed E-state index contributed by atoms with van der Waals surface area (Å²) in [4.78, 5) is 16.9. The molecule has 2 heterocycles. The zero-order valence-corrected chi connectivity index (χ0v) is 14.4. The van der Waals surface area contributed by atoms with Gasteiger partial charge in [-0.25, -0.2) is 4.99 Å². The average Bonchev–Trinajstić information content (AvgIpc) is 3.23. The molecule has 0 bridgehead atoms. The first-order chi connectivity index (χ1) is 12.7. The van der Waals surface area contributed by atoms with Gasteiger partial charge in [-0.3, -0.25) is 4.79 Å². The summed E-state index contributed by atoms with van der Waals surface area (Å²) < 4.78 is 5.86. The van der Waals surface area contributed by atoms with Crippen LogP contribution in [0.5, 0.6) is 5.75 Å². The molecule has 4 rings (SSSR count). The molecule has 1 aliphatic rings. The molecule has 0 aliphatic carbocycles. The van der Waals surface area contributed by atoms with Crippen LogP contribution >= 0.6 is 11.8 Å². The summed E-state index contributed by atoms with van der Waals surface area (Å²) in [5.74, 6) is 1.94. The Balaban J connectivity index is 1.65. The minimum absolute atomic E-state index is 0.118. The van der Waals surface area contributed by atoms with Gasteiger partial charge in [0.25, 0.3) is 5.24 Å². The molecule has 0 spiro atoms. The predicted octanol–water partition coefficient (Wildman–Crippen LogP) is 5.18. The number of thioether (sulfide) groups is 1. The van der Waals surface area contributed by atoms with Crippen LogP contribution in [0.2, 0.25) is 0 Å². The third kappa shape index (κ3) is 3.55. The molecule has 2 N–H and O–H groups in total. The Morgan fingerprint density at radius 1 is 1.04 bits per heavy atom. The predicted molar refractivity (Wildman–Crippen MR) is 103 cm³/mol. The molecule has 0 unspecified atom stereocenters. The van der Waals surface area contributed by atoms with Crippen LogP contribution in [0.15, 0.2) is 81.0 Å². The summed E-state index contributed by atoms with van der Waals surface area (Å²) in [6.07, 6.45) is 1.77. The molecule has 3 aromatic rings. The first-order valence-electron chi connectivity index (χ1n) is 7.91. The highest BCUT2D eigenvalue weighted by atomic mass is 32.2. The molecular weight excluding hydrogens is 348 g/mol. The average molecular weight is 362 g/mol. The normalized spacial score (nSPS) is 17.0. The van der Waals surface area contributed by atoms with Crippen LogP contribution < -0.4 is 5.32 Å². The summed E-state index contributed by atoms with van der Waals surface area (Å²) >= 11 is 1.05. The SMILES string of the molecule is O=C1NC(=Nc2cccc(O)c2)C(=Cc2ccc(-c3ccccc3)o2)S1. The lowest BCUT2D eigenvalue weighted by Crippen LogP contribution is -2.18. The molecule has 6 heteroatoms. The first kappa shape index (κ1) is 16.2. The van der Waals surface area contributed by atoms with Crippen molar-refractivity contribution in [2.24, 2.45) is 4.99 Å². The van der Waals surface area contributed by atoms with Gasteiger partial charge in [-0.1, -0.05) is 36.4 Å². The lowest BCUT2D eigenvalue weighted by molar-refractivity contribution is 0.265. The van der Waals surface area contributed by atoms with E-state index in [0.717, 1.165) is 23.1 Å². The highest BCUT2D eigenvalue weighted by molar-refractivity contribution is 8.18. The molecule has 0 saturated carbocycles. The summed E-state index contributed by atoms with van der Waals surface area (Å²) in [5.41, 5.74) is 1.54. The van der Waals surface area contributed by atoms with Gasteiger partial charge in [-0.05, 0) is 42.1 Å². The number of hydrogen-bond acceptors (Lipinski definition) is 5. The van der Waals surface area contributed by atoms with E-state index in [1.165, 1.54) is 6.07 Å². The van der Waals surface area contributed by atoms with Crippen LogP contribution in [0.3, 0.4) is 0 Å². The Labute approximate surface area is 154 Å². The molecule has 1 aromatic heterocycles. The van der Waals surface area contributed by atoms with Crippen molar-refractivity contribution in [3.8, 4) is 17.1 Å². The van der Waals surface area contributed by atoms with Crippen molar-refractivity contribution < 1.29 is 14.3 Å². The summed E-state index contributed by atoms with van der Waals surface area (Å²) in [6, 6.07) is 20.1. The molecule has 0 radical (unpaired) electrons. The van der Waals surface area contributed by atoms with Gasteiger partial charge in [-0.2, -0.15) is 0 Å². The van der Waals surface area contributed by atoms with E-state index in [2.05, 4.69) is 10.3 Å². The second-order valence-corrected chi connectivity index (χ2v) is 6.59. The molecule has 128 valence electrons. The highest BCUT2D eigenvalue weighted by Crippen LogP contribution is 2.31. The second kappa shape index (κ2) is 6.93. The Morgan fingerprint density at radius 3 is 2.69 bits per heavy atom. The maximum absolute atomic E-state index is 11.8. The number of rotatable bonds is 3. The van der Waals surface area contributed by atoms with E-state index < -0.39 is 0 Å². The molecule has 1 aliphatic heterocycles. The third-order valence-corrected chi connectivity index (χ3v) is 4.50. The van der Waals surface area contributed by atoms with Gasteiger partial charge in [0.15, 0.2) is 0 Å². The monoisotopic (exact) mass is 362 g/mol. The van der Waals surface area contributed by atoms with E-state index in [1.807, 2.05) is 42.5 Å². The Bertz CT molecular complexity index is 1020. The molecule has 1 saturated heterocycles. The van der Waals surface area contributed by atoms with E-state index in [9.17, 15) is 9.90 Å². The fraction of sp³-hybridized carbons (Fsp3) is 0. The fourth-order valence-electron chi connectivity index (χ4n) is 2.52. The molecule has 2 aromatic carbocycles. The first-order valence-corrected chi connectivity index (χ1v) is 8.73. The number of phenolic OH excluding ortho intramolecular Hbond substituents is 1. The van der Waals surface area contributed by atoms with Crippen molar-refractivity contribution in [1.29, 1.82) is 0 Å². The van der Waals surface area contributed by atoms with Crippen molar-refractivity contribution in [3.05, 3.63) is 77.4 Å². The van der Waals surface area contributed by atoms with Gasteiger partial charge in [0, 0.05) is 11.6 Å². The van der Waals surface area contributed by atoms with Crippen LogP contribution in [0.1, 0.15) is 5.76 Å². The molecule has 1 amide bonds. The number of hydrogen-bond donors (Lipinski definition) is 2. The van der Waals surface area contributed by atoms with E-state index in [0.29, 0.717) is 22.2 Å². The summed E-state index contributed by atoms with van der Waals surface area (Å²) in [6.45, 7) is 0. The molecule has 5 nitrogen and oxygen atoms in total. The van der Waals surface area contributed by atoms with Crippen LogP contribution in [0.25, 0.3) is 17.4 Å². The number of aromatic hydroxyl groups is 1.